The third kappa shape index (κ3) is 3.99. The molecule has 0 aliphatic heterocycles. The molecular weight excluding hydrogens is 276 g/mol. The summed E-state index contributed by atoms with van der Waals surface area (Å²) in [7, 11) is 0. The van der Waals surface area contributed by atoms with Gasteiger partial charge in [0.25, 0.3) is 0 Å². The third-order valence-electron chi connectivity index (χ3n) is 5.29. The molecule has 2 aliphatic rings. The zero-order valence-electron chi connectivity index (χ0n) is 13.9. The predicted octanol–water partition coefficient (Wildman–Crippen LogP) is 2.74. The number of esters is 1. The molecule has 22 heavy (non-hydrogen) atoms. The van der Waals surface area contributed by atoms with Crippen molar-refractivity contribution in [2.75, 3.05) is 6.61 Å². The molecule has 4 heteroatoms. The van der Waals surface area contributed by atoms with Gasteiger partial charge in [-0.3, -0.25) is 0 Å². The number of fused-ring (bicyclic) bond motifs is 1. The zero-order chi connectivity index (χ0) is 16.3. The lowest BCUT2D eigenvalue weighted by molar-refractivity contribution is -0.139. The number of carbonyl (C=O) groups is 1. The first-order valence-corrected chi connectivity index (χ1v) is 8.44. The van der Waals surface area contributed by atoms with E-state index in [1.165, 1.54) is 12.8 Å². The Labute approximate surface area is 134 Å². The van der Waals surface area contributed by atoms with Gasteiger partial charge in [-0.15, -0.1) is 0 Å². The second-order valence-corrected chi connectivity index (χ2v) is 7.14. The van der Waals surface area contributed by atoms with Gasteiger partial charge in [0, 0.05) is 5.57 Å². The van der Waals surface area contributed by atoms with Crippen LogP contribution in [0.15, 0.2) is 24.3 Å². The van der Waals surface area contributed by atoms with Gasteiger partial charge in [-0.25, -0.2) is 4.79 Å². The molecule has 4 atom stereocenters. The number of rotatable bonds is 6. The van der Waals surface area contributed by atoms with Crippen molar-refractivity contribution >= 4 is 5.97 Å². The summed E-state index contributed by atoms with van der Waals surface area (Å²) >= 11 is 0. The van der Waals surface area contributed by atoms with Gasteiger partial charge in [-0.2, -0.15) is 0 Å². The monoisotopic (exact) mass is 306 g/mol. The van der Waals surface area contributed by atoms with Crippen LogP contribution in [-0.2, 0) is 9.53 Å². The first-order valence-electron chi connectivity index (χ1n) is 8.44. The average Bonchev–Trinajstić information content (AvgIpc) is 2.79. The molecule has 0 radical (unpaired) electrons. The highest BCUT2D eigenvalue weighted by Gasteiger charge is 2.44. The van der Waals surface area contributed by atoms with E-state index >= 15 is 0 Å². The largest absolute Gasteiger partial charge is 0.462 e. The number of ether oxygens (including phenoxy) is 1. The van der Waals surface area contributed by atoms with Crippen molar-refractivity contribution in [1.29, 1.82) is 0 Å². The Morgan fingerprint density at radius 2 is 2.14 bits per heavy atom. The van der Waals surface area contributed by atoms with Gasteiger partial charge in [-0.05, 0) is 56.3 Å². The van der Waals surface area contributed by atoms with E-state index in [1.54, 1.807) is 6.92 Å². The fraction of sp³-hybridized carbons (Fsp3) is 0.722. The number of hydrogen-bond acceptors (Lipinski definition) is 4. The fourth-order valence-corrected chi connectivity index (χ4v) is 4.17. The second kappa shape index (κ2) is 6.97. The van der Waals surface area contributed by atoms with Crippen LogP contribution in [0.2, 0.25) is 0 Å². The molecule has 1 saturated carbocycles. The van der Waals surface area contributed by atoms with Gasteiger partial charge < -0.3 is 16.2 Å². The Morgan fingerprint density at radius 3 is 2.77 bits per heavy atom. The zero-order valence-corrected chi connectivity index (χ0v) is 13.9. The van der Waals surface area contributed by atoms with E-state index < -0.39 is 5.66 Å². The van der Waals surface area contributed by atoms with E-state index in [1.807, 2.05) is 6.08 Å². The minimum absolute atomic E-state index is 0.288. The summed E-state index contributed by atoms with van der Waals surface area (Å²) in [5.74, 6) is 2.27. The van der Waals surface area contributed by atoms with Crippen molar-refractivity contribution in [3.63, 3.8) is 0 Å². The summed E-state index contributed by atoms with van der Waals surface area (Å²) in [6.07, 6.45) is 9.54. The van der Waals surface area contributed by atoms with E-state index in [9.17, 15) is 4.79 Å². The van der Waals surface area contributed by atoms with Crippen LogP contribution >= 0.6 is 0 Å². The molecule has 0 heterocycles. The second-order valence-electron chi connectivity index (χ2n) is 7.14. The lowest BCUT2D eigenvalue weighted by atomic mass is 9.75. The Morgan fingerprint density at radius 1 is 1.41 bits per heavy atom. The fourth-order valence-electron chi connectivity index (χ4n) is 4.17. The lowest BCUT2D eigenvalue weighted by Crippen LogP contribution is -2.51. The normalized spacial score (nSPS) is 32.5. The molecule has 3 unspecified atom stereocenters. The molecule has 1 fully saturated rings. The maximum Gasteiger partial charge on any atom is 0.333 e. The molecule has 0 amide bonds. The highest BCUT2D eigenvalue weighted by Crippen LogP contribution is 2.50. The molecule has 0 saturated heterocycles. The molecule has 124 valence electrons. The Balaban J connectivity index is 1.87. The molecule has 0 aromatic rings. The maximum absolute atomic E-state index is 11.4. The van der Waals surface area contributed by atoms with Crippen LogP contribution < -0.4 is 11.5 Å². The average molecular weight is 306 g/mol. The molecular formula is C18H30N2O2. The minimum Gasteiger partial charge on any atom is -0.462 e. The molecule has 0 aromatic heterocycles. The SMILES string of the molecule is C=C(C)C(=O)OCCC[C@H]1CC(CC)C2CC(N)(N)C=CC21. The number of carbonyl (C=O) groups excluding carboxylic acids is 1. The summed E-state index contributed by atoms with van der Waals surface area (Å²) < 4.78 is 5.19. The molecule has 0 spiro atoms. The number of hydrogen-bond donors (Lipinski definition) is 2. The van der Waals surface area contributed by atoms with Crippen LogP contribution in [0.1, 0.15) is 46.0 Å². The van der Waals surface area contributed by atoms with Crippen LogP contribution in [-0.4, -0.2) is 18.2 Å². The Hall–Kier alpha value is -1.13. The molecule has 0 aromatic carbocycles. The molecule has 4 nitrogen and oxygen atoms in total. The van der Waals surface area contributed by atoms with Crippen LogP contribution in [0, 0.1) is 23.7 Å². The lowest BCUT2D eigenvalue weighted by Gasteiger charge is -2.35. The smallest absolute Gasteiger partial charge is 0.333 e. The topological polar surface area (TPSA) is 78.3 Å². The minimum atomic E-state index is -0.638. The van der Waals surface area contributed by atoms with Gasteiger partial charge in [0.1, 0.15) is 0 Å². The highest BCUT2D eigenvalue weighted by atomic mass is 16.5. The van der Waals surface area contributed by atoms with Crippen LogP contribution in [0.4, 0.5) is 0 Å². The van der Waals surface area contributed by atoms with Crippen molar-refractivity contribution in [3.05, 3.63) is 24.3 Å². The number of nitrogens with two attached hydrogens (primary N) is 2. The van der Waals surface area contributed by atoms with Gasteiger partial charge in [0.2, 0.25) is 0 Å². The van der Waals surface area contributed by atoms with Gasteiger partial charge in [0.05, 0.1) is 12.3 Å². The van der Waals surface area contributed by atoms with E-state index in [4.69, 9.17) is 16.2 Å². The Kier molecular flexibility index (Phi) is 5.45. The standard InChI is InChI=1S/C18H30N2O2/c1-4-13-10-14(6-5-9-22-17(21)12(2)3)15-7-8-18(19,20)11-16(13)15/h7-8,13-16H,2,4-6,9-11,19-20H2,1,3H3/t13?,14-,15?,16?/m0/s1. The van der Waals surface area contributed by atoms with E-state index in [0.717, 1.165) is 19.3 Å². The first kappa shape index (κ1) is 17.2. The van der Waals surface area contributed by atoms with Crippen LogP contribution in [0.25, 0.3) is 0 Å². The van der Waals surface area contributed by atoms with Gasteiger partial charge in [0.15, 0.2) is 0 Å². The quantitative estimate of drug-likeness (QED) is 0.260. The van der Waals surface area contributed by atoms with Crippen molar-refractivity contribution in [2.45, 2.75) is 51.6 Å². The van der Waals surface area contributed by atoms with E-state index in [-0.39, 0.29) is 5.97 Å². The van der Waals surface area contributed by atoms with Crippen LogP contribution in [0.3, 0.4) is 0 Å². The summed E-state index contributed by atoms with van der Waals surface area (Å²) in [4.78, 5) is 11.4. The van der Waals surface area contributed by atoms with E-state index in [0.29, 0.717) is 35.9 Å². The predicted molar refractivity (Wildman–Crippen MR) is 88.7 cm³/mol. The highest BCUT2D eigenvalue weighted by molar-refractivity contribution is 5.86. The Bertz CT molecular complexity index is 456. The van der Waals surface area contributed by atoms with Gasteiger partial charge in [-0.1, -0.05) is 32.1 Å². The summed E-state index contributed by atoms with van der Waals surface area (Å²) in [5.41, 5.74) is 12.0. The van der Waals surface area contributed by atoms with Crippen molar-refractivity contribution in [1.82, 2.24) is 0 Å². The first-order chi connectivity index (χ1) is 10.3. The maximum atomic E-state index is 11.4. The summed E-state index contributed by atoms with van der Waals surface area (Å²) in [6.45, 7) is 8.01. The van der Waals surface area contributed by atoms with Crippen molar-refractivity contribution < 1.29 is 9.53 Å². The molecule has 2 rings (SSSR count). The van der Waals surface area contributed by atoms with Gasteiger partial charge >= 0.3 is 5.97 Å². The van der Waals surface area contributed by atoms with Crippen LogP contribution in [0.5, 0.6) is 0 Å². The summed E-state index contributed by atoms with van der Waals surface area (Å²) in [6, 6.07) is 0. The van der Waals surface area contributed by atoms with E-state index in [2.05, 4.69) is 19.6 Å². The van der Waals surface area contributed by atoms with Crippen molar-refractivity contribution in [2.24, 2.45) is 35.1 Å². The molecule has 0 bridgehead atoms. The summed E-state index contributed by atoms with van der Waals surface area (Å²) in [5, 5.41) is 0. The van der Waals surface area contributed by atoms with Crippen molar-refractivity contribution in [3.8, 4) is 0 Å². The third-order valence-corrected chi connectivity index (χ3v) is 5.29. The molecule has 4 N–H and O–H groups in total. The number of allylic oxidation sites excluding steroid dienone is 1. The molecule has 2 aliphatic carbocycles.